The molecule has 2 aromatic rings. The predicted molar refractivity (Wildman–Crippen MR) is 77.3 cm³/mol. The van der Waals surface area contributed by atoms with Crippen LogP contribution in [0.2, 0.25) is 5.02 Å². The minimum atomic E-state index is -0.167. The second-order valence-corrected chi connectivity index (χ2v) is 5.43. The Morgan fingerprint density at radius 1 is 1.26 bits per heavy atom. The maximum atomic E-state index is 13.5. The number of halogens is 2. The Labute approximate surface area is 117 Å². The van der Waals surface area contributed by atoms with Crippen molar-refractivity contribution in [3.8, 4) is 0 Å². The van der Waals surface area contributed by atoms with Gasteiger partial charge in [0.05, 0.1) is 6.04 Å². The first-order valence-corrected chi connectivity index (χ1v) is 6.83. The predicted octanol–water partition coefficient (Wildman–Crippen LogP) is 4.89. The van der Waals surface area contributed by atoms with Crippen molar-refractivity contribution in [3.63, 3.8) is 0 Å². The van der Waals surface area contributed by atoms with E-state index in [0.29, 0.717) is 5.56 Å². The fourth-order valence-electron chi connectivity index (χ4n) is 2.69. The number of rotatable bonds is 2. The molecular formula is C16H15ClFN. The zero-order valence-corrected chi connectivity index (χ0v) is 11.5. The van der Waals surface area contributed by atoms with Crippen molar-refractivity contribution in [1.82, 2.24) is 0 Å². The van der Waals surface area contributed by atoms with Gasteiger partial charge in [0.2, 0.25) is 0 Å². The van der Waals surface area contributed by atoms with Gasteiger partial charge in [0.1, 0.15) is 5.82 Å². The molecule has 1 nitrogen and oxygen atoms in total. The normalized spacial score (nSPS) is 17.3. The molecular weight excluding hydrogens is 261 g/mol. The molecule has 3 heteroatoms. The van der Waals surface area contributed by atoms with Crippen molar-refractivity contribution in [3.05, 3.63) is 63.9 Å². The standard InChI is InChI=1S/C16H15ClFN/c1-10-14(18)3-2-4-15(10)19-16-8-5-11-9-12(17)6-7-13(11)16/h2-4,6-7,9,16,19H,5,8H2,1H3. The van der Waals surface area contributed by atoms with Gasteiger partial charge in [-0.15, -0.1) is 0 Å². The van der Waals surface area contributed by atoms with Gasteiger partial charge >= 0.3 is 0 Å². The molecule has 0 radical (unpaired) electrons. The van der Waals surface area contributed by atoms with E-state index in [1.54, 1.807) is 13.0 Å². The molecule has 0 saturated carbocycles. The zero-order chi connectivity index (χ0) is 13.4. The molecule has 1 unspecified atom stereocenters. The van der Waals surface area contributed by atoms with Crippen LogP contribution in [0.4, 0.5) is 10.1 Å². The van der Waals surface area contributed by atoms with Gasteiger partial charge in [-0.25, -0.2) is 4.39 Å². The van der Waals surface area contributed by atoms with Gasteiger partial charge in [0.25, 0.3) is 0 Å². The summed E-state index contributed by atoms with van der Waals surface area (Å²) in [7, 11) is 0. The third kappa shape index (κ3) is 2.33. The Bertz CT molecular complexity index is 624. The topological polar surface area (TPSA) is 12.0 Å². The molecule has 0 bridgehead atoms. The molecule has 0 amide bonds. The quantitative estimate of drug-likeness (QED) is 0.823. The molecule has 98 valence electrons. The van der Waals surface area contributed by atoms with Crippen molar-refractivity contribution in [2.45, 2.75) is 25.8 Å². The number of hydrogen-bond acceptors (Lipinski definition) is 1. The fraction of sp³-hybridized carbons (Fsp3) is 0.250. The highest BCUT2D eigenvalue weighted by atomic mass is 35.5. The Morgan fingerprint density at radius 3 is 2.95 bits per heavy atom. The molecule has 0 spiro atoms. The first-order valence-electron chi connectivity index (χ1n) is 6.45. The SMILES string of the molecule is Cc1c(F)cccc1NC1CCc2cc(Cl)ccc21. The van der Waals surface area contributed by atoms with E-state index < -0.39 is 0 Å². The van der Waals surface area contributed by atoms with Gasteiger partial charge in [0, 0.05) is 16.3 Å². The first-order chi connectivity index (χ1) is 9.15. The van der Waals surface area contributed by atoms with E-state index in [-0.39, 0.29) is 11.9 Å². The molecule has 1 N–H and O–H groups in total. The summed E-state index contributed by atoms with van der Waals surface area (Å²) >= 11 is 6.01. The second kappa shape index (κ2) is 4.86. The Hall–Kier alpha value is -1.54. The van der Waals surface area contributed by atoms with Crippen LogP contribution in [0.1, 0.15) is 29.2 Å². The summed E-state index contributed by atoms with van der Waals surface area (Å²) in [6, 6.07) is 11.4. The highest BCUT2D eigenvalue weighted by Gasteiger charge is 2.22. The van der Waals surface area contributed by atoms with Gasteiger partial charge < -0.3 is 5.32 Å². The molecule has 1 aliphatic rings. The molecule has 0 saturated heterocycles. The van der Waals surface area contributed by atoms with Crippen LogP contribution in [0, 0.1) is 12.7 Å². The molecule has 0 heterocycles. The zero-order valence-electron chi connectivity index (χ0n) is 10.7. The van der Waals surface area contributed by atoms with Crippen LogP contribution < -0.4 is 5.32 Å². The molecule has 0 fully saturated rings. The summed E-state index contributed by atoms with van der Waals surface area (Å²) in [5.74, 6) is -0.167. The minimum Gasteiger partial charge on any atom is -0.378 e. The second-order valence-electron chi connectivity index (χ2n) is 4.99. The smallest absolute Gasteiger partial charge is 0.128 e. The summed E-state index contributed by atoms with van der Waals surface area (Å²) in [6.07, 6.45) is 2.04. The summed E-state index contributed by atoms with van der Waals surface area (Å²) in [5.41, 5.74) is 4.10. The van der Waals surface area contributed by atoms with Crippen LogP contribution in [0.15, 0.2) is 36.4 Å². The summed E-state index contributed by atoms with van der Waals surface area (Å²) in [6.45, 7) is 1.80. The third-order valence-corrected chi connectivity index (χ3v) is 4.02. The maximum Gasteiger partial charge on any atom is 0.128 e. The number of aryl methyl sites for hydroxylation is 1. The number of benzene rings is 2. The van der Waals surface area contributed by atoms with Gasteiger partial charge in [-0.2, -0.15) is 0 Å². The van der Waals surface area contributed by atoms with Gasteiger partial charge in [-0.3, -0.25) is 0 Å². The first kappa shape index (κ1) is 12.5. The number of nitrogens with one attached hydrogen (secondary N) is 1. The summed E-state index contributed by atoms with van der Waals surface area (Å²) < 4.78 is 13.5. The maximum absolute atomic E-state index is 13.5. The largest absolute Gasteiger partial charge is 0.378 e. The lowest BCUT2D eigenvalue weighted by molar-refractivity contribution is 0.618. The number of fused-ring (bicyclic) bond motifs is 1. The Balaban J connectivity index is 1.89. The molecule has 0 aromatic heterocycles. The van der Waals surface area contributed by atoms with Crippen molar-refractivity contribution in [2.24, 2.45) is 0 Å². The van der Waals surface area contributed by atoms with Crippen LogP contribution in [-0.2, 0) is 6.42 Å². The van der Waals surface area contributed by atoms with Gasteiger partial charge in [-0.1, -0.05) is 23.7 Å². The average molecular weight is 276 g/mol. The third-order valence-electron chi connectivity index (χ3n) is 3.78. The lowest BCUT2D eigenvalue weighted by Crippen LogP contribution is -2.08. The van der Waals surface area contributed by atoms with Crippen molar-refractivity contribution < 1.29 is 4.39 Å². The van der Waals surface area contributed by atoms with Crippen molar-refractivity contribution in [1.29, 1.82) is 0 Å². The van der Waals surface area contributed by atoms with E-state index in [0.717, 1.165) is 23.6 Å². The molecule has 1 aliphatic carbocycles. The summed E-state index contributed by atoms with van der Waals surface area (Å²) in [4.78, 5) is 0. The molecule has 2 aromatic carbocycles. The van der Waals surface area contributed by atoms with Crippen LogP contribution >= 0.6 is 11.6 Å². The van der Waals surface area contributed by atoms with E-state index in [9.17, 15) is 4.39 Å². The lowest BCUT2D eigenvalue weighted by Gasteiger charge is -2.17. The van der Waals surface area contributed by atoms with Gasteiger partial charge in [-0.05, 0) is 55.2 Å². The van der Waals surface area contributed by atoms with E-state index in [2.05, 4.69) is 11.4 Å². The monoisotopic (exact) mass is 275 g/mol. The molecule has 1 atom stereocenters. The van der Waals surface area contributed by atoms with E-state index in [4.69, 9.17) is 11.6 Å². The number of hydrogen-bond donors (Lipinski definition) is 1. The fourth-order valence-corrected chi connectivity index (χ4v) is 2.88. The van der Waals surface area contributed by atoms with Crippen molar-refractivity contribution in [2.75, 3.05) is 5.32 Å². The number of anilines is 1. The minimum absolute atomic E-state index is 0.167. The van der Waals surface area contributed by atoms with Crippen LogP contribution in [0.25, 0.3) is 0 Å². The molecule has 3 rings (SSSR count). The highest BCUT2D eigenvalue weighted by molar-refractivity contribution is 6.30. The molecule has 19 heavy (non-hydrogen) atoms. The Morgan fingerprint density at radius 2 is 2.11 bits per heavy atom. The van der Waals surface area contributed by atoms with Crippen LogP contribution in [-0.4, -0.2) is 0 Å². The van der Waals surface area contributed by atoms with Crippen molar-refractivity contribution >= 4 is 17.3 Å². The Kier molecular flexibility index (Phi) is 3.19. The highest BCUT2D eigenvalue weighted by Crippen LogP contribution is 2.36. The van der Waals surface area contributed by atoms with E-state index in [1.165, 1.54) is 17.2 Å². The van der Waals surface area contributed by atoms with Gasteiger partial charge in [0.15, 0.2) is 0 Å². The van der Waals surface area contributed by atoms with E-state index in [1.807, 2.05) is 18.2 Å². The molecule has 0 aliphatic heterocycles. The van der Waals surface area contributed by atoms with E-state index >= 15 is 0 Å². The average Bonchev–Trinajstić information content (AvgIpc) is 2.77. The van der Waals surface area contributed by atoms with Crippen LogP contribution in [0.3, 0.4) is 0 Å². The van der Waals surface area contributed by atoms with Crippen LogP contribution in [0.5, 0.6) is 0 Å². The summed E-state index contributed by atoms with van der Waals surface area (Å²) in [5, 5.41) is 4.22. The lowest BCUT2D eigenvalue weighted by atomic mass is 10.1.